The normalized spacial score (nSPS) is 13.0. The summed E-state index contributed by atoms with van der Waals surface area (Å²) in [5.74, 6) is 1.53. The third kappa shape index (κ3) is 4.16. The molecule has 10 rings (SSSR count). The van der Waals surface area contributed by atoms with Gasteiger partial charge in [0.05, 0.1) is 28.6 Å². The number of hydrogen-bond donors (Lipinski definition) is 0. The van der Waals surface area contributed by atoms with Gasteiger partial charge in [0.15, 0.2) is 11.6 Å². The summed E-state index contributed by atoms with van der Waals surface area (Å²) in [5, 5.41) is 6.28. The van der Waals surface area contributed by atoms with Crippen molar-refractivity contribution in [2.24, 2.45) is 0 Å². The Morgan fingerprint density at radius 2 is 1.31 bits per heavy atom. The first-order valence-corrected chi connectivity index (χ1v) is 17.0. The Kier molecular flexibility index (Phi) is 6.11. The molecule has 5 nitrogen and oxygen atoms in total. The van der Waals surface area contributed by atoms with Gasteiger partial charge in [-0.25, -0.2) is 19.9 Å². The number of aryl methyl sites for hydroxylation is 1. The van der Waals surface area contributed by atoms with Gasteiger partial charge in [0, 0.05) is 49.3 Å². The molecule has 0 atom stereocenters. The number of nitrogens with zero attached hydrogens (tertiary/aromatic N) is 5. The van der Waals surface area contributed by atoms with Crippen LogP contribution in [-0.4, -0.2) is 24.5 Å². The van der Waals surface area contributed by atoms with Crippen molar-refractivity contribution in [1.29, 1.82) is 0 Å². The zero-order valence-electron chi connectivity index (χ0n) is 25.8. The van der Waals surface area contributed by atoms with Crippen molar-refractivity contribution in [3.63, 3.8) is 0 Å². The van der Waals surface area contributed by atoms with Crippen LogP contribution >= 0.6 is 11.3 Å². The molecule has 1 aliphatic rings. The van der Waals surface area contributed by atoms with E-state index in [0.717, 1.165) is 52.2 Å². The summed E-state index contributed by atoms with van der Waals surface area (Å²) in [6.07, 6.45) is 9.89. The molecule has 0 spiro atoms. The molecule has 4 aromatic heterocycles. The van der Waals surface area contributed by atoms with Crippen molar-refractivity contribution in [3.8, 4) is 28.3 Å². The van der Waals surface area contributed by atoms with Gasteiger partial charge in [-0.1, -0.05) is 97.1 Å². The van der Waals surface area contributed by atoms with Crippen molar-refractivity contribution in [2.45, 2.75) is 12.8 Å². The quantitative estimate of drug-likeness (QED) is 0.194. The van der Waals surface area contributed by atoms with E-state index in [4.69, 9.17) is 9.97 Å². The van der Waals surface area contributed by atoms with Gasteiger partial charge >= 0.3 is 0 Å². The van der Waals surface area contributed by atoms with Crippen molar-refractivity contribution < 1.29 is 0 Å². The maximum absolute atomic E-state index is 5.25. The Bertz CT molecular complexity index is 2710. The molecule has 0 saturated heterocycles. The average Bonchev–Trinajstić information content (AvgIpc) is 3.71. The highest BCUT2D eigenvalue weighted by Gasteiger charge is 2.25. The lowest BCUT2D eigenvalue weighted by Crippen LogP contribution is -2.02. The van der Waals surface area contributed by atoms with E-state index in [1.165, 1.54) is 47.6 Å². The predicted molar refractivity (Wildman–Crippen MR) is 198 cm³/mol. The van der Waals surface area contributed by atoms with Gasteiger partial charge in [-0.3, -0.25) is 0 Å². The highest BCUT2D eigenvalue weighted by molar-refractivity contribution is 7.20. The van der Waals surface area contributed by atoms with Gasteiger partial charge in [-0.2, -0.15) is 0 Å². The van der Waals surface area contributed by atoms with Crippen LogP contribution in [-0.2, 0) is 6.42 Å². The Morgan fingerprint density at radius 1 is 0.583 bits per heavy atom. The Hall–Kier alpha value is -5.98. The minimum atomic E-state index is 0.711. The summed E-state index contributed by atoms with van der Waals surface area (Å²) in [6, 6.07) is 40.4. The summed E-state index contributed by atoms with van der Waals surface area (Å²) >= 11 is 1.93. The van der Waals surface area contributed by atoms with Gasteiger partial charge in [0.1, 0.15) is 0 Å². The number of fused-ring (bicyclic) bond motifs is 9. The number of hydrogen-bond acceptors (Lipinski definition) is 5. The van der Waals surface area contributed by atoms with Gasteiger partial charge in [-0.15, -0.1) is 11.3 Å². The van der Waals surface area contributed by atoms with Gasteiger partial charge in [0.25, 0.3) is 0 Å². The van der Waals surface area contributed by atoms with Gasteiger partial charge in [-0.05, 0) is 59.0 Å². The second-order valence-electron chi connectivity index (χ2n) is 12.2. The fraction of sp³-hybridized carbons (Fsp3) is 0.0476. The third-order valence-corrected chi connectivity index (χ3v) is 10.8. The molecule has 9 aromatic rings. The lowest BCUT2D eigenvalue weighted by Gasteiger charge is -2.14. The molecule has 0 aliphatic heterocycles. The molecule has 48 heavy (non-hydrogen) atoms. The molecule has 0 radical (unpaired) electrons. The zero-order valence-corrected chi connectivity index (χ0v) is 26.7. The van der Waals surface area contributed by atoms with Crippen LogP contribution in [0.3, 0.4) is 0 Å². The first-order chi connectivity index (χ1) is 23.8. The Morgan fingerprint density at radius 3 is 2.15 bits per heavy atom. The molecule has 0 saturated carbocycles. The fourth-order valence-corrected chi connectivity index (χ4v) is 8.62. The van der Waals surface area contributed by atoms with E-state index >= 15 is 0 Å². The maximum atomic E-state index is 5.25. The second kappa shape index (κ2) is 10.8. The summed E-state index contributed by atoms with van der Waals surface area (Å²) in [5.41, 5.74) is 8.69. The average molecular weight is 634 g/mol. The molecule has 226 valence electrons. The Labute approximate surface area is 280 Å². The summed E-state index contributed by atoms with van der Waals surface area (Å²) in [6.45, 7) is 0. The number of rotatable bonds is 4. The van der Waals surface area contributed by atoms with Gasteiger partial charge < -0.3 is 4.57 Å². The SMILES string of the molecule is C1=C(c2ncccn2)CCc2sc3c(ccc4c3c3c5ccccc5ccc3n4-c3cnc(-c4ccccc4)nc3-c3ccccc3)c21. The van der Waals surface area contributed by atoms with E-state index < -0.39 is 0 Å². The van der Waals surface area contributed by atoms with Crippen LogP contribution in [0, 0.1) is 0 Å². The number of thiophene rings is 1. The molecular weight excluding hydrogens is 607 g/mol. The summed E-state index contributed by atoms with van der Waals surface area (Å²) < 4.78 is 3.69. The minimum absolute atomic E-state index is 0.711. The molecular formula is C42H27N5S. The first-order valence-electron chi connectivity index (χ1n) is 16.2. The number of benzene rings is 5. The van der Waals surface area contributed by atoms with Crippen LogP contribution in [0.1, 0.15) is 22.7 Å². The standard InChI is InChI=1S/C42H27N5S/c1-3-11-27(12-4-1)39-35(25-45-42(46-39)28-13-5-2-6-14-28)47-33-19-16-26-10-7-8-15-30(26)37(33)38-34(47)20-18-31-32-24-29(41-43-22-9-23-44-41)17-21-36(32)48-40(31)38/h1-16,18-20,22-25H,17,21H2. The van der Waals surface area contributed by atoms with E-state index in [1.54, 1.807) is 0 Å². The summed E-state index contributed by atoms with van der Waals surface area (Å²) in [7, 11) is 0. The second-order valence-corrected chi connectivity index (χ2v) is 13.3. The zero-order chi connectivity index (χ0) is 31.6. The minimum Gasteiger partial charge on any atom is -0.306 e. The molecule has 0 bridgehead atoms. The van der Waals surface area contributed by atoms with Crippen LogP contribution < -0.4 is 0 Å². The topological polar surface area (TPSA) is 56.5 Å². The third-order valence-electron chi connectivity index (χ3n) is 9.47. The molecule has 4 heterocycles. The van der Waals surface area contributed by atoms with E-state index in [2.05, 4.69) is 106 Å². The first kappa shape index (κ1) is 27.2. The predicted octanol–water partition coefficient (Wildman–Crippen LogP) is 10.6. The molecule has 0 fully saturated rings. The molecule has 1 aliphatic carbocycles. The number of aromatic nitrogens is 5. The van der Waals surface area contributed by atoms with Crippen LogP contribution in [0.4, 0.5) is 0 Å². The highest BCUT2D eigenvalue weighted by Crippen LogP contribution is 2.47. The van der Waals surface area contributed by atoms with Crippen LogP contribution in [0.15, 0.2) is 134 Å². The van der Waals surface area contributed by atoms with Crippen LogP contribution in [0.5, 0.6) is 0 Å². The van der Waals surface area contributed by atoms with E-state index in [9.17, 15) is 0 Å². The molecule has 0 unspecified atom stereocenters. The highest BCUT2D eigenvalue weighted by atomic mass is 32.1. The van der Waals surface area contributed by atoms with E-state index in [0.29, 0.717) is 5.82 Å². The van der Waals surface area contributed by atoms with Crippen molar-refractivity contribution >= 4 is 65.7 Å². The van der Waals surface area contributed by atoms with Crippen LogP contribution in [0.2, 0.25) is 0 Å². The van der Waals surface area contributed by atoms with E-state index in [-0.39, 0.29) is 0 Å². The smallest absolute Gasteiger partial charge is 0.159 e. The fourth-order valence-electron chi connectivity index (χ4n) is 7.30. The van der Waals surface area contributed by atoms with Crippen molar-refractivity contribution in [2.75, 3.05) is 0 Å². The number of allylic oxidation sites excluding steroid dienone is 1. The molecule has 6 heteroatoms. The Balaban J connectivity index is 1.30. The van der Waals surface area contributed by atoms with Crippen molar-refractivity contribution in [1.82, 2.24) is 24.5 Å². The van der Waals surface area contributed by atoms with Crippen molar-refractivity contribution in [3.05, 3.63) is 150 Å². The maximum Gasteiger partial charge on any atom is 0.159 e. The van der Waals surface area contributed by atoms with E-state index in [1.807, 2.05) is 60.3 Å². The van der Waals surface area contributed by atoms with Gasteiger partial charge in [0.2, 0.25) is 0 Å². The lowest BCUT2D eigenvalue weighted by molar-refractivity contribution is 0.991. The van der Waals surface area contributed by atoms with Crippen LogP contribution in [0.25, 0.3) is 82.6 Å². The molecule has 0 N–H and O–H groups in total. The largest absolute Gasteiger partial charge is 0.306 e. The lowest BCUT2D eigenvalue weighted by atomic mass is 9.95. The molecule has 5 aromatic carbocycles. The summed E-state index contributed by atoms with van der Waals surface area (Å²) in [4.78, 5) is 20.8. The monoisotopic (exact) mass is 633 g/mol. The molecule has 0 amide bonds.